The van der Waals surface area contributed by atoms with Crippen LogP contribution in [0.15, 0.2) is 54.7 Å². The number of para-hydroxylation sites is 1. The Morgan fingerprint density at radius 1 is 1.05 bits per heavy atom. The van der Waals surface area contributed by atoms with Gasteiger partial charge in [-0.3, -0.25) is 0 Å². The molecule has 4 rings (SSSR count). The maximum atomic E-state index is 4.75. The van der Waals surface area contributed by atoms with E-state index in [2.05, 4.69) is 67.2 Å². The Morgan fingerprint density at radius 3 is 2.76 bits per heavy atom. The molecule has 0 fully saturated rings. The van der Waals surface area contributed by atoms with Crippen LogP contribution in [0.5, 0.6) is 0 Å². The molecule has 3 heteroatoms. The van der Waals surface area contributed by atoms with Crippen LogP contribution in [0, 0.1) is 6.92 Å². The molecular formula is C18H15N2S+. The quantitative estimate of drug-likeness (QED) is 0.479. The Hall–Kier alpha value is -2.26. The minimum Gasteiger partial charge on any atom is -0.236 e. The monoisotopic (exact) mass is 291 g/mol. The van der Waals surface area contributed by atoms with Crippen molar-refractivity contribution in [2.24, 2.45) is 7.05 Å². The second-order valence-electron chi connectivity index (χ2n) is 5.33. The molecular weight excluding hydrogens is 276 g/mol. The molecule has 0 bridgehead atoms. The zero-order valence-electron chi connectivity index (χ0n) is 12.0. The van der Waals surface area contributed by atoms with Gasteiger partial charge in [-0.1, -0.05) is 12.1 Å². The fourth-order valence-electron chi connectivity index (χ4n) is 2.68. The highest BCUT2D eigenvalue weighted by Gasteiger charge is 2.11. The van der Waals surface area contributed by atoms with Crippen LogP contribution in [0.2, 0.25) is 0 Å². The van der Waals surface area contributed by atoms with E-state index >= 15 is 0 Å². The lowest BCUT2D eigenvalue weighted by molar-refractivity contribution is -0.644. The first-order valence-corrected chi connectivity index (χ1v) is 7.79. The smallest absolute Gasteiger partial charge is 0.212 e. The number of rotatable bonds is 1. The van der Waals surface area contributed by atoms with Gasteiger partial charge < -0.3 is 0 Å². The fourth-order valence-corrected chi connectivity index (χ4v) is 3.64. The molecule has 0 unspecified atom stereocenters. The molecule has 0 spiro atoms. The highest BCUT2D eigenvalue weighted by Crippen LogP contribution is 2.31. The highest BCUT2D eigenvalue weighted by atomic mass is 32.1. The minimum absolute atomic E-state index is 1.08. The van der Waals surface area contributed by atoms with Gasteiger partial charge in [0.05, 0.1) is 10.2 Å². The number of pyridine rings is 1. The number of thiazole rings is 1. The van der Waals surface area contributed by atoms with Crippen LogP contribution < -0.4 is 4.57 Å². The summed E-state index contributed by atoms with van der Waals surface area (Å²) >= 11 is 1.75. The third-order valence-electron chi connectivity index (χ3n) is 3.89. The molecule has 0 saturated carbocycles. The van der Waals surface area contributed by atoms with E-state index in [0.29, 0.717) is 0 Å². The summed E-state index contributed by atoms with van der Waals surface area (Å²) in [5.41, 5.74) is 4.82. The lowest BCUT2D eigenvalue weighted by atomic mass is 10.1. The average Bonchev–Trinajstić information content (AvgIpc) is 2.95. The molecule has 2 aromatic heterocycles. The Morgan fingerprint density at radius 2 is 1.90 bits per heavy atom. The van der Waals surface area contributed by atoms with Crippen LogP contribution in [0.3, 0.4) is 0 Å². The van der Waals surface area contributed by atoms with Crippen molar-refractivity contribution in [3.63, 3.8) is 0 Å². The SMILES string of the molecule is Cc1cc[n+](C)c2ccc(-c3nc4ccccc4s3)cc12. The molecule has 0 saturated heterocycles. The van der Waals surface area contributed by atoms with Crippen LogP contribution in [0.4, 0.5) is 0 Å². The zero-order valence-corrected chi connectivity index (χ0v) is 12.8. The first-order valence-electron chi connectivity index (χ1n) is 6.97. The molecule has 0 N–H and O–H groups in total. The van der Waals surface area contributed by atoms with E-state index in [1.165, 1.54) is 26.7 Å². The number of benzene rings is 2. The Bertz CT molecular complexity index is 936. The van der Waals surface area contributed by atoms with Crippen LogP contribution in [0.25, 0.3) is 31.7 Å². The molecule has 2 aromatic carbocycles. The van der Waals surface area contributed by atoms with Gasteiger partial charge in [-0.25, -0.2) is 9.55 Å². The van der Waals surface area contributed by atoms with E-state index in [-0.39, 0.29) is 0 Å². The summed E-state index contributed by atoms with van der Waals surface area (Å²) in [6.45, 7) is 2.16. The number of hydrogen-bond acceptors (Lipinski definition) is 2. The normalized spacial score (nSPS) is 11.3. The first-order chi connectivity index (χ1) is 10.2. The topological polar surface area (TPSA) is 16.8 Å². The van der Waals surface area contributed by atoms with Gasteiger partial charge >= 0.3 is 0 Å². The number of nitrogens with zero attached hydrogens (tertiary/aromatic N) is 2. The van der Waals surface area contributed by atoms with Crippen molar-refractivity contribution in [3.8, 4) is 10.6 Å². The van der Waals surface area contributed by atoms with Gasteiger partial charge in [0, 0.05) is 23.1 Å². The molecule has 2 nitrogen and oxygen atoms in total. The molecule has 102 valence electrons. The van der Waals surface area contributed by atoms with Gasteiger partial charge in [0.15, 0.2) is 6.20 Å². The first kappa shape index (κ1) is 12.5. The summed E-state index contributed by atoms with van der Waals surface area (Å²) in [6.07, 6.45) is 2.11. The van der Waals surface area contributed by atoms with Gasteiger partial charge in [-0.05, 0) is 36.8 Å². The van der Waals surface area contributed by atoms with Crippen molar-refractivity contribution in [1.82, 2.24) is 4.98 Å². The lowest BCUT2D eigenvalue weighted by Crippen LogP contribution is -2.28. The number of aromatic nitrogens is 2. The van der Waals surface area contributed by atoms with Gasteiger partial charge in [0.2, 0.25) is 5.52 Å². The van der Waals surface area contributed by atoms with Crippen molar-refractivity contribution < 1.29 is 4.57 Å². The third-order valence-corrected chi connectivity index (χ3v) is 4.98. The second-order valence-corrected chi connectivity index (χ2v) is 6.36. The summed E-state index contributed by atoms with van der Waals surface area (Å²) in [5, 5.41) is 2.38. The van der Waals surface area contributed by atoms with E-state index in [1.807, 2.05) is 6.07 Å². The maximum absolute atomic E-state index is 4.75. The standard InChI is InChI=1S/C18H15N2S/c1-12-9-10-20(2)16-8-7-13(11-14(12)16)18-19-15-5-3-4-6-17(15)21-18/h3-11H,1-2H3/q+1. The van der Waals surface area contributed by atoms with Crippen molar-refractivity contribution in [2.75, 3.05) is 0 Å². The van der Waals surface area contributed by atoms with Crippen LogP contribution in [-0.2, 0) is 7.05 Å². The van der Waals surface area contributed by atoms with Crippen molar-refractivity contribution in [2.45, 2.75) is 6.92 Å². The lowest BCUT2D eigenvalue weighted by Gasteiger charge is -2.02. The molecule has 0 aliphatic carbocycles. The Labute approximate surface area is 127 Å². The van der Waals surface area contributed by atoms with E-state index in [1.54, 1.807) is 11.3 Å². The molecule has 0 aliphatic rings. The maximum Gasteiger partial charge on any atom is 0.212 e. The predicted octanol–water partition coefficient (Wildman–Crippen LogP) is 4.25. The van der Waals surface area contributed by atoms with E-state index in [0.717, 1.165) is 10.5 Å². The second kappa shape index (κ2) is 4.64. The molecule has 0 radical (unpaired) electrons. The zero-order chi connectivity index (χ0) is 14.4. The number of aryl methyl sites for hydroxylation is 2. The third kappa shape index (κ3) is 2.01. The Kier molecular flexibility index (Phi) is 2.76. The van der Waals surface area contributed by atoms with E-state index in [4.69, 9.17) is 4.98 Å². The summed E-state index contributed by atoms with van der Waals surface area (Å²) in [6, 6.07) is 17.1. The van der Waals surface area contributed by atoms with Crippen LogP contribution in [0.1, 0.15) is 5.56 Å². The van der Waals surface area contributed by atoms with Crippen molar-refractivity contribution in [3.05, 3.63) is 60.3 Å². The van der Waals surface area contributed by atoms with Crippen molar-refractivity contribution >= 4 is 32.5 Å². The highest BCUT2D eigenvalue weighted by molar-refractivity contribution is 7.21. The summed E-state index contributed by atoms with van der Waals surface area (Å²) in [4.78, 5) is 4.75. The molecule has 0 aliphatic heterocycles. The number of hydrogen-bond donors (Lipinski definition) is 0. The van der Waals surface area contributed by atoms with Crippen LogP contribution in [-0.4, -0.2) is 4.98 Å². The number of fused-ring (bicyclic) bond motifs is 2. The predicted molar refractivity (Wildman–Crippen MR) is 88.5 cm³/mol. The van der Waals surface area contributed by atoms with Crippen molar-refractivity contribution in [1.29, 1.82) is 0 Å². The molecule has 0 amide bonds. The summed E-state index contributed by atoms with van der Waals surface area (Å²) < 4.78 is 3.40. The summed E-state index contributed by atoms with van der Waals surface area (Å²) in [5.74, 6) is 0. The van der Waals surface area contributed by atoms with Crippen LogP contribution >= 0.6 is 11.3 Å². The summed E-state index contributed by atoms with van der Waals surface area (Å²) in [7, 11) is 2.08. The fraction of sp³-hybridized carbons (Fsp3) is 0.111. The molecule has 0 atom stereocenters. The molecule has 2 heterocycles. The largest absolute Gasteiger partial charge is 0.236 e. The van der Waals surface area contributed by atoms with Gasteiger partial charge in [-0.15, -0.1) is 11.3 Å². The Balaban J connectivity index is 1.96. The minimum atomic E-state index is 1.08. The van der Waals surface area contributed by atoms with Gasteiger partial charge in [0.1, 0.15) is 12.1 Å². The average molecular weight is 291 g/mol. The van der Waals surface area contributed by atoms with E-state index < -0.39 is 0 Å². The van der Waals surface area contributed by atoms with E-state index in [9.17, 15) is 0 Å². The van der Waals surface area contributed by atoms with Gasteiger partial charge in [-0.2, -0.15) is 0 Å². The molecule has 4 aromatic rings. The molecule has 21 heavy (non-hydrogen) atoms. The van der Waals surface area contributed by atoms with Gasteiger partial charge in [0.25, 0.3) is 0 Å².